The summed E-state index contributed by atoms with van der Waals surface area (Å²) in [5.74, 6) is 0.843. The molecule has 6 heteroatoms. The molecular formula is C15H20BN3O2. The number of benzene rings is 1. The Kier molecular flexibility index (Phi) is 3.18. The Morgan fingerprint density at radius 2 is 1.57 bits per heavy atom. The molecule has 0 saturated carbocycles. The number of aromatic nitrogens is 3. The highest BCUT2D eigenvalue weighted by molar-refractivity contribution is 6.62. The molecule has 0 bridgehead atoms. The van der Waals surface area contributed by atoms with Crippen molar-refractivity contribution in [1.82, 2.24) is 14.8 Å². The Morgan fingerprint density at radius 3 is 2.05 bits per heavy atom. The minimum atomic E-state index is -0.330. The van der Waals surface area contributed by atoms with Crippen molar-refractivity contribution in [3.63, 3.8) is 0 Å². The third kappa shape index (κ3) is 2.38. The van der Waals surface area contributed by atoms with Gasteiger partial charge in [-0.05, 0) is 33.2 Å². The maximum Gasteiger partial charge on any atom is 0.494 e. The zero-order valence-electron chi connectivity index (χ0n) is 13.1. The van der Waals surface area contributed by atoms with E-state index in [9.17, 15) is 0 Å². The Bertz CT molecular complexity index is 633. The highest BCUT2D eigenvalue weighted by atomic mass is 16.7. The van der Waals surface area contributed by atoms with Crippen molar-refractivity contribution < 1.29 is 9.31 Å². The summed E-state index contributed by atoms with van der Waals surface area (Å²) >= 11 is 0. The van der Waals surface area contributed by atoms with E-state index in [0.29, 0.717) is 0 Å². The second-order valence-electron chi connectivity index (χ2n) is 6.42. The average Bonchev–Trinajstić information content (AvgIpc) is 2.92. The van der Waals surface area contributed by atoms with Crippen molar-refractivity contribution >= 4 is 12.6 Å². The summed E-state index contributed by atoms with van der Waals surface area (Å²) in [6, 6.07) is 8.08. The maximum absolute atomic E-state index is 6.05. The van der Waals surface area contributed by atoms with E-state index >= 15 is 0 Å². The van der Waals surface area contributed by atoms with E-state index in [2.05, 4.69) is 37.8 Å². The van der Waals surface area contributed by atoms with E-state index in [1.165, 1.54) is 0 Å². The third-order valence-electron chi connectivity index (χ3n) is 4.41. The molecular weight excluding hydrogens is 265 g/mol. The number of rotatable bonds is 2. The highest BCUT2D eigenvalue weighted by Crippen LogP contribution is 2.36. The van der Waals surface area contributed by atoms with Crippen molar-refractivity contribution in [2.45, 2.75) is 38.9 Å². The van der Waals surface area contributed by atoms with Gasteiger partial charge in [-0.2, -0.15) is 5.10 Å². The number of hydrogen-bond donors (Lipinski definition) is 0. The minimum absolute atomic E-state index is 0.320. The van der Waals surface area contributed by atoms with Gasteiger partial charge in [-0.15, -0.1) is 0 Å². The summed E-state index contributed by atoms with van der Waals surface area (Å²) in [6.45, 7) is 8.23. The summed E-state index contributed by atoms with van der Waals surface area (Å²) in [4.78, 5) is 4.25. The van der Waals surface area contributed by atoms with Crippen LogP contribution >= 0.6 is 0 Å². The first-order valence-corrected chi connectivity index (χ1v) is 7.10. The van der Waals surface area contributed by atoms with E-state index in [1.807, 2.05) is 31.3 Å². The zero-order valence-corrected chi connectivity index (χ0v) is 13.1. The van der Waals surface area contributed by atoms with Crippen LogP contribution in [0.1, 0.15) is 27.7 Å². The van der Waals surface area contributed by atoms with Gasteiger partial charge in [-0.1, -0.05) is 24.3 Å². The van der Waals surface area contributed by atoms with Crippen LogP contribution in [0.3, 0.4) is 0 Å². The van der Waals surface area contributed by atoms with Gasteiger partial charge < -0.3 is 9.31 Å². The summed E-state index contributed by atoms with van der Waals surface area (Å²) in [7, 11) is 1.55. The van der Waals surface area contributed by atoms with Crippen molar-refractivity contribution in [1.29, 1.82) is 0 Å². The fraction of sp³-hybridized carbons (Fsp3) is 0.467. The topological polar surface area (TPSA) is 49.2 Å². The van der Waals surface area contributed by atoms with Crippen molar-refractivity contribution in [3.05, 3.63) is 30.6 Å². The number of nitrogens with zero attached hydrogens (tertiary/aromatic N) is 3. The van der Waals surface area contributed by atoms with E-state index in [1.54, 1.807) is 11.0 Å². The molecule has 3 rings (SSSR count). The van der Waals surface area contributed by atoms with Crippen LogP contribution in [0.5, 0.6) is 0 Å². The lowest BCUT2D eigenvalue weighted by atomic mass is 9.79. The van der Waals surface area contributed by atoms with Gasteiger partial charge in [0.25, 0.3) is 0 Å². The van der Waals surface area contributed by atoms with Gasteiger partial charge >= 0.3 is 7.12 Å². The van der Waals surface area contributed by atoms with Gasteiger partial charge in [0.2, 0.25) is 0 Å². The second-order valence-corrected chi connectivity index (χ2v) is 6.42. The second kappa shape index (κ2) is 4.68. The lowest BCUT2D eigenvalue weighted by molar-refractivity contribution is 0.00578. The van der Waals surface area contributed by atoms with E-state index in [0.717, 1.165) is 16.9 Å². The molecule has 0 radical (unpaired) electrons. The van der Waals surface area contributed by atoms with Crippen LogP contribution in [-0.2, 0) is 16.4 Å². The Labute approximate surface area is 125 Å². The molecule has 1 aromatic carbocycles. The van der Waals surface area contributed by atoms with Crippen LogP contribution in [0.2, 0.25) is 0 Å². The smallest absolute Gasteiger partial charge is 0.399 e. The van der Waals surface area contributed by atoms with Gasteiger partial charge in [-0.3, -0.25) is 0 Å². The van der Waals surface area contributed by atoms with Crippen LogP contribution in [0.15, 0.2) is 30.6 Å². The average molecular weight is 285 g/mol. The highest BCUT2D eigenvalue weighted by Gasteiger charge is 2.51. The molecule has 0 amide bonds. The van der Waals surface area contributed by atoms with E-state index in [4.69, 9.17) is 9.31 Å². The molecule has 0 unspecified atom stereocenters. The van der Waals surface area contributed by atoms with Gasteiger partial charge in [-0.25, -0.2) is 9.67 Å². The lowest BCUT2D eigenvalue weighted by Gasteiger charge is -2.32. The first-order chi connectivity index (χ1) is 9.80. The molecule has 0 spiro atoms. The molecule has 2 heterocycles. The van der Waals surface area contributed by atoms with Crippen LogP contribution < -0.4 is 5.46 Å². The Balaban J connectivity index is 1.85. The molecule has 110 valence electrons. The van der Waals surface area contributed by atoms with Crippen molar-refractivity contribution in [3.8, 4) is 11.4 Å². The molecule has 2 aromatic rings. The van der Waals surface area contributed by atoms with Gasteiger partial charge in [0, 0.05) is 12.6 Å². The monoisotopic (exact) mass is 285 g/mol. The molecule has 1 aromatic heterocycles. The number of hydrogen-bond acceptors (Lipinski definition) is 4. The first kappa shape index (κ1) is 14.3. The van der Waals surface area contributed by atoms with Crippen LogP contribution in [0.4, 0.5) is 0 Å². The Morgan fingerprint density at radius 1 is 1.00 bits per heavy atom. The summed E-state index contributed by atoms with van der Waals surface area (Å²) in [5.41, 5.74) is 1.40. The van der Waals surface area contributed by atoms with Gasteiger partial charge in [0.1, 0.15) is 6.33 Å². The molecule has 1 aliphatic rings. The fourth-order valence-electron chi connectivity index (χ4n) is 2.33. The largest absolute Gasteiger partial charge is 0.494 e. The quantitative estimate of drug-likeness (QED) is 0.789. The summed E-state index contributed by atoms with van der Waals surface area (Å²) in [6.07, 6.45) is 1.55. The van der Waals surface area contributed by atoms with Crippen LogP contribution in [0, 0.1) is 0 Å². The summed E-state index contributed by atoms with van der Waals surface area (Å²) < 4.78 is 13.9. The lowest BCUT2D eigenvalue weighted by Crippen LogP contribution is -2.41. The standard InChI is InChI=1S/C15H20BN3O2/c1-14(2)15(3,4)21-16(20-14)12-8-6-11(7-9-12)13-17-10-18-19(13)5/h6-10H,1-5H3. The Hall–Kier alpha value is -1.66. The van der Waals surface area contributed by atoms with E-state index in [-0.39, 0.29) is 18.3 Å². The van der Waals surface area contributed by atoms with Crippen LogP contribution in [0.25, 0.3) is 11.4 Å². The fourth-order valence-corrected chi connectivity index (χ4v) is 2.33. The molecule has 0 N–H and O–H groups in total. The van der Waals surface area contributed by atoms with Crippen LogP contribution in [-0.4, -0.2) is 33.1 Å². The molecule has 1 fully saturated rings. The van der Waals surface area contributed by atoms with Gasteiger partial charge in [0.15, 0.2) is 5.82 Å². The molecule has 1 aliphatic heterocycles. The van der Waals surface area contributed by atoms with Crippen molar-refractivity contribution in [2.24, 2.45) is 7.05 Å². The molecule has 0 aliphatic carbocycles. The molecule has 0 atom stereocenters. The van der Waals surface area contributed by atoms with Crippen molar-refractivity contribution in [2.75, 3.05) is 0 Å². The number of aryl methyl sites for hydroxylation is 1. The third-order valence-corrected chi connectivity index (χ3v) is 4.41. The molecule has 1 saturated heterocycles. The predicted octanol–water partition coefficient (Wildman–Crippen LogP) is 1.78. The molecule has 5 nitrogen and oxygen atoms in total. The normalized spacial score (nSPS) is 20.0. The minimum Gasteiger partial charge on any atom is -0.399 e. The maximum atomic E-state index is 6.05. The predicted molar refractivity (Wildman–Crippen MR) is 82.2 cm³/mol. The van der Waals surface area contributed by atoms with E-state index < -0.39 is 0 Å². The zero-order chi connectivity index (χ0) is 15.3. The first-order valence-electron chi connectivity index (χ1n) is 7.10. The molecule has 21 heavy (non-hydrogen) atoms. The van der Waals surface area contributed by atoms with Gasteiger partial charge in [0.05, 0.1) is 11.2 Å². The SMILES string of the molecule is Cn1ncnc1-c1ccc(B2OC(C)(C)C(C)(C)O2)cc1. The summed E-state index contributed by atoms with van der Waals surface area (Å²) in [5, 5.41) is 4.09.